The van der Waals surface area contributed by atoms with E-state index in [0.29, 0.717) is 29.1 Å². The molecule has 2 aromatic heterocycles. The Bertz CT molecular complexity index is 1150. The highest BCUT2D eigenvalue weighted by molar-refractivity contribution is 7.22. The third-order valence-corrected chi connectivity index (χ3v) is 6.21. The van der Waals surface area contributed by atoms with E-state index in [1.807, 2.05) is 62.4 Å². The van der Waals surface area contributed by atoms with Crippen molar-refractivity contribution in [1.29, 1.82) is 0 Å². The fourth-order valence-corrected chi connectivity index (χ4v) is 4.36. The Balaban J connectivity index is 1.64. The summed E-state index contributed by atoms with van der Waals surface area (Å²) in [6.45, 7) is 4.80. The van der Waals surface area contributed by atoms with Gasteiger partial charge in [0.05, 0.1) is 36.1 Å². The molecule has 0 saturated carbocycles. The molecule has 0 fully saturated rings. The molecule has 154 valence electrons. The number of aryl methyl sites for hydroxylation is 1. The van der Waals surface area contributed by atoms with Crippen molar-refractivity contribution in [2.24, 2.45) is 0 Å². The van der Waals surface area contributed by atoms with E-state index in [0.717, 1.165) is 27.1 Å². The zero-order valence-corrected chi connectivity index (χ0v) is 18.3. The van der Waals surface area contributed by atoms with E-state index in [-0.39, 0.29) is 12.3 Å². The molecule has 2 heterocycles. The minimum atomic E-state index is -0.0571. The Morgan fingerprint density at radius 3 is 2.70 bits per heavy atom. The summed E-state index contributed by atoms with van der Waals surface area (Å²) in [6.07, 6.45) is 1.86. The van der Waals surface area contributed by atoms with Gasteiger partial charge in [-0.1, -0.05) is 35.1 Å². The van der Waals surface area contributed by atoms with Crippen LogP contribution in [-0.2, 0) is 17.8 Å². The highest BCUT2D eigenvalue weighted by atomic mass is 35.5. The van der Waals surface area contributed by atoms with Crippen molar-refractivity contribution in [3.05, 3.63) is 76.7 Å². The van der Waals surface area contributed by atoms with Gasteiger partial charge >= 0.3 is 0 Å². The molecule has 0 radical (unpaired) electrons. The quantitative estimate of drug-likeness (QED) is 0.352. The van der Waals surface area contributed by atoms with Crippen molar-refractivity contribution < 1.29 is 13.9 Å². The van der Waals surface area contributed by atoms with Crippen LogP contribution in [0.2, 0.25) is 5.02 Å². The van der Waals surface area contributed by atoms with Crippen molar-refractivity contribution in [2.75, 3.05) is 11.5 Å². The second-order valence-electron chi connectivity index (χ2n) is 6.83. The van der Waals surface area contributed by atoms with Crippen LogP contribution in [0.25, 0.3) is 10.2 Å². The number of furan rings is 1. The molecule has 4 rings (SSSR count). The summed E-state index contributed by atoms with van der Waals surface area (Å²) in [5, 5.41) is 1.29. The van der Waals surface area contributed by atoms with E-state index in [1.165, 1.54) is 11.3 Å². The van der Waals surface area contributed by atoms with Gasteiger partial charge in [-0.25, -0.2) is 4.98 Å². The largest absolute Gasteiger partial charge is 0.494 e. The van der Waals surface area contributed by atoms with E-state index in [9.17, 15) is 4.79 Å². The molecule has 0 aliphatic heterocycles. The van der Waals surface area contributed by atoms with Crippen LogP contribution < -0.4 is 9.64 Å². The molecule has 7 heteroatoms. The number of ether oxygens (including phenoxy) is 1. The van der Waals surface area contributed by atoms with Crippen molar-refractivity contribution in [1.82, 2.24) is 4.98 Å². The molecule has 0 spiro atoms. The molecule has 2 aromatic carbocycles. The predicted molar refractivity (Wildman–Crippen MR) is 121 cm³/mol. The van der Waals surface area contributed by atoms with Gasteiger partial charge in [-0.2, -0.15) is 0 Å². The zero-order chi connectivity index (χ0) is 21.1. The highest BCUT2D eigenvalue weighted by Gasteiger charge is 2.22. The second-order valence-corrected chi connectivity index (χ2v) is 8.24. The Hall–Kier alpha value is -2.83. The standard InChI is InChI=1S/C23H21ClN2O3S/c1-3-28-17-8-6-16(7-9-17)13-21(27)26(14-18-5-4-12-29-18)23-25-22-15(2)19(24)10-11-20(22)30-23/h4-12H,3,13-14H2,1-2H3. The first-order chi connectivity index (χ1) is 14.5. The van der Waals surface area contributed by atoms with Gasteiger partial charge in [0.15, 0.2) is 5.13 Å². The Morgan fingerprint density at radius 2 is 2.00 bits per heavy atom. The molecular formula is C23H21ClN2O3S. The first-order valence-electron chi connectivity index (χ1n) is 9.65. The summed E-state index contributed by atoms with van der Waals surface area (Å²) in [5.74, 6) is 1.43. The number of benzene rings is 2. The first-order valence-corrected chi connectivity index (χ1v) is 10.8. The monoisotopic (exact) mass is 440 g/mol. The van der Waals surface area contributed by atoms with E-state index < -0.39 is 0 Å². The molecule has 0 atom stereocenters. The molecule has 0 aliphatic carbocycles. The van der Waals surface area contributed by atoms with Crippen molar-refractivity contribution in [3.63, 3.8) is 0 Å². The molecule has 0 unspecified atom stereocenters. The lowest BCUT2D eigenvalue weighted by Crippen LogP contribution is -2.31. The summed E-state index contributed by atoms with van der Waals surface area (Å²) >= 11 is 7.73. The first kappa shape index (κ1) is 20.4. The van der Waals surface area contributed by atoms with Gasteiger partial charge < -0.3 is 9.15 Å². The Morgan fingerprint density at radius 1 is 1.20 bits per heavy atom. The molecule has 0 bridgehead atoms. The van der Waals surface area contributed by atoms with Crippen molar-refractivity contribution in [2.45, 2.75) is 26.8 Å². The summed E-state index contributed by atoms with van der Waals surface area (Å²) in [7, 11) is 0. The number of fused-ring (bicyclic) bond motifs is 1. The Labute approximate surface area is 183 Å². The minimum absolute atomic E-state index is 0.0571. The molecule has 0 aliphatic rings. The van der Waals surface area contributed by atoms with Gasteiger partial charge in [-0.15, -0.1) is 0 Å². The smallest absolute Gasteiger partial charge is 0.233 e. The second kappa shape index (κ2) is 8.90. The lowest BCUT2D eigenvalue weighted by Gasteiger charge is -2.19. The van der Waals surface area contributed by atoms with E-state index >= 15 is 0 Å². The molecular weight excluding hydrogens is 420 g/mol. The molecule has 0 N–H and O–H groups in total. The lowest BCUT2D eigenvalue weighted by molar-refractivity contribution is -0.118. The fraction of sp³-hybridized carbons (Fsp3) is 0.217. The highest BCUT2D eigenvalue weighted by Crippen LogP contribution is 2.34. The normalized spacial score (nSPS) is 11.0. The van der Waals surface area contributed by atoms with Crippen LogP contribution in [0.15, 0.2) is 59.2 Å². The van der Waals surface area contributed by atoms with E-state index in [1.54, 1.807) is 11.2 Å². The van der Waals surface area contributed by atoms with Gasteiger partial charge in [-0.3, -0.25) is 9.69 Å². The van der Waals surface area contributed by atoms with Crippen molar-refractivity contribution >= 4 is 44.2 Å². The minimum Gasteiger partial charge on any atom is -0.494 e. The average Bonchev–Trinajstić information content (AvgIpc) is 3.40. The maximum atomic E-state index is 13.3. The topological polar surface area (TPSA) is 55.6 Å². The predicted octanol–water partition coefficient (Wildman–Crippen LogP) is 6.03. The zero-order valence-electron chi connectivity index (χ0n) is 16.7. The van der Waals surface area contributed by atoms with Gasteiger partial charge in [0, 0.05) is 5.02 Å². The van der Waals surface area contributed by atoms with Gasteiger partial charge in [0.25, 0.3) is 0 Å². The van der Waals surface area contributed by atoms with Gasteiger partial charge in [0.1, 0.15) is 11.5 Å². The number of rotatable bonds is 7. The maximum Gasteiger partial charge on any atom is 0.233 e. The fourth-order valence-electron chi connectivity index (χ4n) is 3.17. The SMILES string of the molecule is CCOc1ccc(CC(=O)N(Cc2ccco2)c2nc3c(C)c(Cl)ccc3s2)cc1. The summed E-state index contributed by atoms with van der Waals surface area (Å²) in [4.78, 5) is 19.7. The number of hydrogen-bond acceptors (Lipinski definition) is 5. The van der Waals surface area contributed by atoms with Crippen LogP contribution in [0.1, 0.15) is 23.8 Å². The van der Waals surface area contributed by atoms with Crippen LogP contribution in [0.5, 0.6) is 5.75 Å². The summed E-state index contributed by atoms with van der Waals surface area (Å²) < 4.78 is 12.0. The third kappa shape index (κ3) is 4.35. The lowest BCUT2D eigenvalue weighted by atomic mass is 10.1. The number of thiazole rings is 1. The van der Waals surface area contributed by atoms with Crippen LogP contribution in [0.3, 0.4) is 0 Å². The number of hydrogen-bond donors (Lipinski definition) is 0. The molecule has 1 amide bonds. The Kier molecular flexibility index (Phi) is 6.06. The molecule has 4 aromatic rings. The van der Waals surface area contributed by atoms with Crippen LogP contribution >= 0.6 is 22.9 Å². The number of aromatic nitrogens is 1. The maximum absolute atomic E-state index is 13.3. The third-order valence-electron chi connectivity index (χ3n) is 4.75. The average molecular weight is 441 g/mol. The van der Waals surface area contributed by atoms with E-state index in [2.05, 4.69) is 0 Å². The number of nitrogens with zero attached hydrogens (tertiary/aromatic N) is 2. The van der Waals surface area contributed by atoms with E-state index in [4.69, 9.17) is 25.7 Å². The number of amides is 1. The molecule has 30 heavy (non-hydrogen) atoms. The molecule has 0 saturated heterocycles. The number of carbonyl (C=O) groups is 1. The summed E-state index contributed by atoms with van der Waals surface area (Å²) in [6, 6.07) is 15.1. The van der Waals surface area contributed by atoms with Gasteiger partial charge in [-0.05, 0) is 61.4 Å². The van der Waals surface area contributed by atoms with Gasteiger partial charge in [0.2, 0.25) is 5.91 Å². The number of halogens is 1. The van der Waals surface area contributed by atoms with Crippen LogP contribution in [0, 0.1) is 6.92 Å². The van der Waals surface area contributed by atoms with Crippen LogP contribution in [-0.4, -0.2) is 17.5 Å². The van der Waals surface area contributed by atoms with Crippen molar-refractivity contribution in [3.8, 4) is 5.75 Å². The number of carbonyl (C=O) groups excluding carboxylic acids is 1. The summed E-state index contributed by atoms with van der Waals surface area (Å²) in [5.41, 5.74) is 2.64. The molecule has 5 nitrogen and oxygen atoms in total. The van der Waals surface area contributed by atoms with Crippen LogP contribution in [0.4, 0.5) is 5.13 Å². The number of anilines is 1.